The Bertz CT molecular complexity index is 288. The molecular weight excluding hydrogens is 172 g/mol. The van der Waals surface area contributed by atoms with E-state index in [-0.39, 0.29) is 6.04 Å². The summed E-state index contributed by atoms with van der Waals surface area (Å²) in [5.74, 6) is 0.888. The lowest BCUT2D eigenvalue weighted by Gasteiger charge is -2.11. The maximum Gasteiger partial charge on any atom is 0.0297 e. The number of rotatable bonds is 4. The minimum Gasteiger partial charge on any atom is -0.326 e. The standard InChI is InChI=1S/C12H18N2/c13-8-10-3-5-11(6-4-10)12(14)7-9-1-2-9/h3-6,9,12H,1-2,7-8,13-14H2. The molecule has 0 radical (unpaired) electrons. The first-order valence-corrected chi connectivity index (χ1v) is 5.34. The Morgan fingerprint density at radius 2 is 1.86 bits per heavy atom. The average molecular weight is 190 g/mol. The summed E-state index contributed by atoms with van der Waals surface area (Å²) in [7, 11) is 0. The summed E-state index contributed by atoms with van der Waals surface area (Å²) in [6.07, 6.45) is 3.88. The second-order valence-corrected chi connectivity index (χ2v) is 4.23. The molecule has 1 unspecified atom stereocenters. The van der Waals surface area contributed by atoms with Crippen molar-refractivity contribution in [1.29, 1.82) is 0 Å². The summed E-state index contributed by atoms with van der Waals surface area (Å²) in [5, 5.41) is 0. The number of nitrogens with two attached hydrogens (primary N) is 2. The van der Waals surface area contributed by atoms with Crippen LogP contribution in [0.3, 0.4) is 0 Å². The monoisotopic (exact) mass is 190 g/mol. The second kappa shape index (κ2) is 4.11. The van der Waals surface area contributed by atoms with Gasteiger partial charge < -0.3 is 11.5 Å². The van der Waals surface area contributed by atoms with Crippen LogP contribution in [0.15, 0.2) is 24.3 Å². The predicted octanol–water partition coefficient (Wildman–Crippen LogP) is 1.95. The molecule has 1 atom stereocenters. The lowest BCUT2D eigenvalue weighted by atomic mass is 10.0. The summed E-state index contributed by atoms with van der Waals surface area (Å²) < 4.78 is 0. The molecule has 1 aliphatic rings. The van der Waals surface area contributed by atoms with E-state index >= 15 is 0 Å². The highest BCUT2D eigenvalue weighted by atomic mass is 14.6. The zero-order valence-electron chi connectivity index (χ0n) is 8.45. The van der Waals surface area contributed by atoms with Gasteiger partial charge >= 0.3 is 0 Å². The highest BCUT2D eigenvalue weighted by molar-refractivity contribution is 5.24. The Labute approximate surface area is 85.3 Å². The number of benzene rings is 1. The molecule has 0 amide bonds. The number of hydrogen-bond acceptors (Lipinski definition) is 2. The summed E-state index contributed by atoms with van der Waals surface area (Å²) in [6, 6.07) is 8.57. The van der Waals surface area contributed by atoms with Crippen LogP contribution < -0.4 is 11.5 Å². The molecule has 0 aliphatic heterocycles. The Morgan fingerprint density at radius 3 is 2.36 bits per heavy atom. The zero-order valence-corrected chi connectivity index (χ0v) is 8.45. The summed E-state index contributed by atoms with van der Waals surface area (Å²) >= 11 is 0. The summed E-state index contributed by atoms with van der Waals surface area (Å²) in [5.41, 5.74) is 14.0. The van der Waals surface area contributed by atoms with E-state index in [2.05, 4.69) is 24.3 Å². The van der Waals surface area contributed by atoms with Crippen molar-refractivity contribution in [2.45, 2.75) is 31.8 Å². The van der Waals surface area contributed by atoms with E-state index in [4.69, 9.17) is 11.5 Å². The van der Waals surface area contributed by atoms with E-state index in [0.29, 0.717) is 6.54 Å². The SMILES string of the molecule is NCc1ccc(C(N)CC2CC2)cc1. The van der Waals surface area contributed by atoms with Crippen molar-refractivity contribution in [2.24, 2.45) is 17.4 Å². The first-order valence-electron chi connectivity index (χ1n) is 5.34. The van der Waals surface area contributed by atoms with Crippen molar-refractivity contribution in [3.05, 3.63) is 35.4 Å². The van der Waals surface area contributed by atoms with Crippen molar-refractivity contribution in [3.8, 4) is 0 Å². The van der Waals surface area contributed by atoms with Crippen LogP contribution in [-0.2, 0) is 6.54 Å². The van der Waals surface area contributed by atoms with Gasteiger partial charge in [-0.25, -0.2) is 0 Å². The Morgan fingerprint density at radius 1 is 1.21 bits per heavy atom. The molecule has 4 N–H and O–H groups in total. The van der Waals surface area contributed by atoms with E-state index in [0.717, 1.165) is 12.3 Å². The van der Waals surface area contributed by atoms with Crippen LogP contribution in [0.25, 0.3) is 0 Å². The molecule has 1 fully saturated rings. The third kappa shape index (κ3) is 2.34. The molecule has 0 saturated heterocycles. The van der Waals surface area contributed by atoms with Gasteiger partial charge in [-0.3, -0.25) is 0 Å². The van der Waals surface area contributed by atoms with Gasteiger partial charge in [0.25, 0.3) is 0 Å². The maximum absolute atomic E-state index is 6.10. The molecule has 14 heavy (non-hydrogen) atoms. The van der Waals surface area contributed by atoms with E-state index in [1.807, 2.05) is 0 Å². The predicted molar refractivity (Wildman–Crippen MR) is 58.6 cm³/mol. The molecule has 0 aromatic heterocycles. The molecule has 2 nitrogen and oxygen atoms in total. The summed E-state index contributed by atoms with van der Waals surface area (Å²) in [4.78, 5) is 0. The van der Waals surface area contributed by atoms with E-state index in [1.54, 1.807) is 0 Å². The second-order valence-electron chi connectivity index (χ2n) is 4.23. The van der Waals surface area contributed by atoms with Gasteiger partial charge in [-0.15, -0.1) is 0 Å². The van der Waals surface area contributed by atoms with Gasteiger partial charge in [-0.2, -0.15) is 0 Å². The van der Waals surface area contributed by atoms with E-state index in [1.165, 1.54) is 24.0 Å². The molecular formula is C12H18N2. The van der Waals surface area contributed by atoms with Crippen LogP contribution in [-0.4, -0.2) is 0 Å². The molecule has 0 bridgehead atoms. The third-order valence-electron chi connectivity index (χ3n) is 2.93. The van der Waals surface area contributed by atoms with Crippen LogP contribution in [0.4, 0.5) is 0 Å². The van der Waals surface area contributed by atoms with Crippen LogP contribution in [0.2, 0.25) is 0 Å². The van der Waals surface area contributed by atoms with Gasteiger partial charge in [0.1, 0.15) is 0 Å². The largest absolute Gasteiger partial charge is 0.326 e. The van der Waals surface area contributed by atoms with Gasteiger partial charge in [-0.05, 0) is 23.5 Å². The topological polar surface area (TPSA) is 52.0 Å². The Hall–Kier alpha value is -0.860. The molecule has 1 aromatic carbocycles. The normalized spacial score (nSPS) is 18.1. The lowest BCUT2D eigenvalue weighted by Crippen LogP contribution is -2.11. The van der Waals surface area contributed by atoms with Crippen molar-refractivity contribution in [3.63, 3.8) is 0 Å². The van der Waals surface area contributed by atoms with Gasteiger partial charge in [0.15, 0.2) is 0 Å². The molecule has 1 saturated carbocycles. The Kier molecular flexibility index (Phi) is 2.85. The van der Waals surface area contributed by atoms with Crippen LogP contribution in [0, 0.1) is 5.92 Å². The number of hydrogen-bond donors (Lipinski definition) is 2. The molecule has 2 rings (SSSR count). The van der Waals surface area contributed by atoms with Gasteiger partial charge in [0.2, 0.25) is 0 Å². The first kappa shape index (κ1) is 9.69. The molecule has 0 spiro atoms. The Balaban J connectivity index is 1.99. The highest BCUT2D eigenvalue weighted by Gasteiger charge is 2.24. The van der Waals surface area contributed by atoms with E-state index < -0.39 is 0 Å². The molecule has 76 valence electrons. The van der Waals surface area contributed by atoms with Crippen molar-refractivity contribution in [1.82, 2.24) is 0 Å². The maximum atomic E-state index is 6.10. The smallest absolute Gasteiger partial charge is 0.0297 e. The van der Waals surface area contributed by atoms with Crippen molar-refractivity contribution >= 4 is 0 Å². The highest BCUT2D eigenvalue weighted by Crippen LogP contribution is 2.36. The van der Waals surface area contributed by atoms with Crippen LogP contribution >= 0.6 is 0 Å². The minimum absolute atomic E-state index is 0.217. The molecule has 1 aliphatic carbocycles. The van der Waals surface area contributed by atoms with Crippen LogP contribution in [0.1, 0.15) is 36.4 Å². The average Bonchev–Trinajstić information content (AvgIpc) is 3.02. The lowest BCUT2D eigenvalue weighted by molar-refractivity contribution is 0.597. The molecule has 2 heteroatoms. The summed E-state index contributed by atoms with van der Waals surface area (Å²) in [6.45, 7) is 0.609. The minimum atomic E-state index is 0.217. The fraction of sp³-hybridized carbons (Fsp3) is 0.500. The van der Waals surface area contributed by atoms with Gasteiger partial charge in [0.05, 0.1) is 0 Å². The quantitative estimate of drug-likeness (QED) is 0.762. The van der Waals surface area contributed by atoms with Crippen molar-refractivity contribution in [2.75, 3.05) is 0 Å². The molecule has 0 heterocycles. The van der Waals surface area contributed by atoms with E-state index in [9.17, 15) is 0 Å². The molecule has 1 aromatic rings. The third-order valence-corrected chi connectivity index (χ3v) is 2.93. The van der Waals surface area contributed by atoms with Crippen molar-refractivity contribution < 1.29 is 0 Å². The van der Waals surface area contributed by atoms with Gasteiger partial charge in [0, 0.05) is 12.6 Å². The zero-order chi connectivity index (χ0) is 9.97. The van der Waals surface area contributed by atoms with Gasteiger partial charge in [-0.1, -0.05) is 37.1 Å². The fourth-order valence-corrected chi connectivity index (χ4v) is 1.75. The fourth-order valence-electron chi connectivity index (χ4n) is 1.75. The first-order chi connectivity index (χ1) is 6.79. The van der Waals surface area contributed by atoms with Crippen LogP contribution in [0.5, 0.6) is 0 Å².